The molecule has 1 aromatic carbocycles. The Bertz CT molecular complexity index is 666. The second-order valence-corrected chi connectivity index (χ2v) is 4.81. The molecule has 0 spiro atoms. The molecule has 0 atom stereocenters. The highest BCUT2D eigenvalue weighted by Crippen LogP contribution is 2.23. The van der Waals surface area contributed by atoms with Gasteiger partial charge in [0.1, 0.15) is 5.52 Å². The van der Waals surface area contributed by atoms with E-state index < -0.39 is 0 Å². The molecule has 90 valence electrons. The molecule has 0 bridgehead atoms. The van der Waals surface area contributed by atoms with Crippen LogP contribution < -0.4 is 4.68 Å². The normalized spacial score (nSPS) is 11.3. The van der Waals surface area contributed by atoms with Gasteiger partial charge in [0.25, 0.3) is 0 Å². The molecule has 3 aromatic rings. The number of hydrogen-bond donors (Lipinski definition) is 0. The Kier molecular flexibility index (Phi) is 2.63. The van der Waals surface area contributed by atoms with Crippen molar-refractivity contribution in [1.29, 1.82) is 0 Å². The van der Waals surface area contributed by atoms with Gasteiger partial charge in [-0.3, -0.25) is 0 Å². The Morgan fingerprint density at radius 2 is 1.67 bits per heavy atom. The Morgan fingerprint density at radius 1 is 0.944 bits per heavy atom. The zero-order valence-electron chi connectivity index (χ0n) is 10.7. The van der Waals surface area contributed by atoms with Crippen molar-refractivity contribution in [1.82, 2.24) is 4.52 Å². The number of nitrogens with zero attached hydrogens (tertiary/aromatic N) is 2. The second kappa shape index (κ2) is 4.30. The van der Waals surface area contributed by atoms with Crippen molar-refractivity contribution in [2.24, 2.45) is 0 Å². The van der Waals surface area contributed by atoms with Gasteiger partial charge in [-0.25, -0.2) is 0 Å². The average Bonchev–Trinajstić information content (AvgIpc) is 2.79. The van der Waals surface area contributed by atoms with Gasteiger partial charge < -0.3 is 0 Å². The van der Waals surface area contributed by atoms with E-state index in [0.29, 0.717) is 6.04 Å². The third kappa shape index (κ3) is 1.70. The van der Waals surface area contributed by atoms with Gasteiger partial charge in [0.2, 0.25) is 6.20 Å². The van der Waals surface area contributed by atoms with E-state index >= 15 is 0 Å². The molecule has 0 aliphatic heterocycles. The molecule has 18 heavy (non-hydrogen) atoms. The van der Waals surface area contributed by atoms with Crippen molar-refractivity contribution >= 4 is 5.52 Å². The average molecular weight is 237 g/mol. The van der Waals surface area contributed by atoms with Gasteiger partial charge in [-0.15, -0.1) is 9.20 Å². The van der Waals surface area contributed by atoms with Crippen LogP contribution in [-0.4, -0.2) is 4.52 Å². The topological polar surface area (TPSA) is 8.29 Å². The van der Waals surface area contributed by atoms with Crippen LogP contribution in [0.1, 0.15) is 19.9 Å². The van der Waals surface area contributed by atoms with Crippen LogP contribution in [0.2, 0.25) is 0 Å². The molecule has 0 radical (unpaired) electrons. The number of benzene rings is 1. The minimum Gasteiger partial charge on any atom is -0.128 e. The van der Waals surface area contributed by atoms with E-state index in [-0.39, 0.29) is 0 Å². The van der Waals surface area contributed by atoms with Gasteiger partial charge in [-0.2, -0.15) is 0 Å². The van der Waals surface area contributed by atoms with Crippen LogP contribution >= 0.6 is 0 Å². The van der Waals surface area contributed by atoms with Gasteiger partial charge >= 0.3 is 0 Å². The number of hydrogen-bond acceptors (Lipinski definition) is 0. The van der Waals surface area contributed by atoms with Crippen molar-refractivity contribution in [2.45, 2.75) is 19.9 Å². The summed E-state index contributed by atoms with van der Waals surface area (Å²) < 4.78 is 4.48. The predicted molar refractivity (Wildman–Crippen MR) is 73.4 cm³/mol. The highest BCUT2D eigenvalue weighted by atomic mass is 15.4. The molecule has 0 aliphatic carbocycles. The second-order valence-electron chi connectivity index (χ2n) is 4.81. The van der Waals surface area contributed by atoms with Crippen molar-refractivity contribution < 1.29 is 4.68 Å². The maximum atomic E-state index is 2.26. The molecule has 2 heterocycles. The molecule has 0 saturated carbocycles. The third-order valence-corrected chi connectivity index (χ3v) is 3.24. The van der Waals surface area contributed by atoms with Crippen molar-refractivity contribution in [3.63, 3.8) is 0 Å². The number of pyridine rings is 1. The van der Waals surface area contributed by atoms with E-state index in [4.69, 9.17) is 0 Å². The maximum Gasteiger partial charge on any atom is 0.204 e. The summed E-state index contributed by atoms with van der Waals surface area (Å²) in [5.74, 6) is 0. The minimum absolute atomic E-state index is 0.442. The lowest BCUT2D eigenvalue weighted by atomic mass is 10.1. The third-order valence-electron chi connectivity index (χ3n) is 3.24. The molecule has 0 saturated heterocycles. The summed E-state index contributed by atoms with van der Waals surface area (Å²) in [5.41, 5.74) is 3.79. The van der Waals surface area contributed by atoms with Crippen LogP contribution in [0.25, 0.3) is 16.6 Å². The van der Waals surface area contributed by atoms with Crippen molar-refractivity contribution in [3.8, 4) is 11.1 Å². The minimum atomic E-state index is 0.442. The van der Waals surface area contributed by atoms with Crippen LogP contribution in [0.3, 0.4) is 0 Å². The Morgan fingerprint density at radius 3 is 2.39 bits per heavy atom. The number of fused-ring (bicyclic) bond motifs is 1. The molecule has 0 amide bonds. The lowest BCUT2D eigenvalue weighted by Crippen LogP contribution is -2.40. The van der Waals surface area contributed by atoms with Crippen molar-refractivity contribution in [3.05, 3.63) is 60.9 Å². The zero-order valence-corrected chi connectivity index (χ0v) is 10.7. The summed E-state index contributed by atoms with van der Waals surface area (Å²) in [6, 6.07) is 17.3. The fourth-order valence-corrected chi connectivity index (χ4v) is 2.35. The largest absolute Gasteiger partial charge is 0.204 e. The van der Waals surface area contributed by atoms with Gasteiger partial charge in [0.05, 0.1) is 11.8 Å². The van der Waals surface area contributed by atoms with Gasteiger partial charge in [0.15, 0.2) is 6.04 Å². The lowest BCUT2D eigenvalue weighted by molar-refractivity contribution is -0.777. The molecule has 0 N–H and O–H groups in total. The first-order chi connectivity index (χ1) is 8.77. The maximum absolute atomic E-state index is 2.26. The molecular formula is C16H17N2+. The summed E-state index contributed by atoms with van der Waals surface area (Å²) in [7, 11) is 0. The Hall–Kier alpha value is -2.09. The van der Waals surface area contributed by atoms with E-state index in [0.717, 1.165) is 0 Å². The van der Waals surface area contributed by atoms with Crippen LogP contribution in [0.5, 0.6) is 0 Å². The predicted octanol–water partition coefficient (Wildman–Crippen LogP) is 3.47. The van der Waals surface area contributed by atoms with E-state index in [1.807, 2.05) is 0 Å². The van der Waals surface area contributed by atoms with E-state index in [1.165, 1.54) is 16.6 Å². The highest BCUT2D eigenvalue weighted by molar-refractivity contribution is 5.78. The number of rotatable bonds is 2. The number of aromatic nitrogens is 2. The van der Waals surface area contributed by atoms with Crippen molar-refractivity contribution in [2.75, 3.05) is 0 Å². The van der Waals surface area contributed by atoms with Gasteiger partial charge in [0, 0.05) is 0 Å². The zero-order chi connectivity index (χ0) is 12.5. The van der Waals surface area contributed by atoms with Gasteiger partial charge in [-0.1, -0.05) is 36.4 Å². The SMILES string of the molecule is CC(C)[n+]1cc(-c2ccccc2)c2ccccn21. The Labute approximate surface area is 107 Å². The van der Waals surface area contributed by atoms with E-state index in [9.17, 15) is 0 Å². The first-order valence-corrected chi connectivity index (χ1v) is 6.34. The van der Waals surface area contributed by atoms with Crippen LogP contribution in [0.4, 0.5) is 0 Å². The summed E-state index contributed by atoms with van der Waals surface area (Å²) >= 11 is 0. The molecule has 0 aliphatic rings. The molecule has 3 rings (SSSR count). The van der Waals surface area contributed by atoms with Gasteiger partial charge in [-0.05, 0) is 31.5 Å². The molecule has 0 fully saturated rings. The standard InChI is InChI=1S/C16H17N2/c1-13(2)18-12-15(14-8-4-3-5-9-14)16-10-6-7-11-17(16)18/h3-13H,1-2H3/q+1. The van der Waals surface area contributed by atoms with E-state index in [1.54, 1.807) is 0 Å². The first kappa shape index (κ1) is 11.0. The lowest BCUT2D eigenvalue weighted by Gasteiger charge is -1.98. The smallest absolute Gasteiger partial charge is 0.128 e. The molecule has 2 nitrogen and oxygen atoms in total. The quantitative estimate of drug-likeness (QED) is 0.603. The molecule has 2 aromatic heterocycles. The fourth-order valence-electron chi connectivity index (χ4n) is 2.35. The fraction of sp³-hybridized carbons (Fsp3) is 0.188. The Balaban J connectivity index is 2.31. The summed E-state index contributed by atoms with van der Waals surface area (Å²) in [4.78, 5) is 0. The van der Waals surface area contributed by atoms with E-state index in [2.05, 4.69) is 84.0 Å². The summed E-state index contributed by atoms with van der Waals surface area (Å²) in [6.07, 6.45) is 4.34. The highest BCUT2D eigenvalue weighted by Gasteiger charge is 2.18. The first-order valence-electron chi connectivity index (χ1n) is 6.34. The van der Waals surface area contributed by atoms with Crippen LogP contribution in [0, 0.1) is 0 Å². The molecule has 0 unspecified atom stereocenters. The van der Waals surface area contributed by atoms with Crippen LogP contribution in [0.15, 0.2) is 60.9 Å². The molecular weight excluding hydrogens is 220 g/mol. The molecule has 2 heteroatoms. The summed E-state index contributed by atoms with van der Waals surface area (Å²) in [5, 5.41) is 0. The monoisotopic (exact) mass is 237 g/mol. The summed E-state index contributed by atoms with van der Waals surface area (Å²) in [6.45, 7) is 4.41. The van der Waals surface area contributed by atoms with Crippen LogP contribution in [-0.2, 0) is 0 Å².